The van der Waals surface area contributed by atoms with E-state index < -0.39 is 0 Å². The fraction of sp³-hybridized carbons (Fsp3) is 0. The molecule has 4 nitrogen and oxygen atoms in total. The highest BCUT2D eigenvalue weighted by Gasteiger charge is 1.98. The molecule has 0 saturated carbocycles. The van der Waals surface area contributed by atoms with Crippen LogP contribution in [0.3, 0.4) is 0 Å². The molecular weight excluding hydrogens is 232 g/mol. The summed E-state index contributed by atoms with van der Waals surface area (Å²) in [4.78, 5) is 2.33. The molecule has 2 rings (SSSR count). The molecule has 0 aliphatic carbocycles. The van der Waals surface area contributed by atoms with E-state index in [4.69, 9.17) is 11.7 Å². The van der Waals surface area contributed by atoms with Crippen LogP contribution in [0.25, 0.3) is 0 Å². The lowest BCUT2D eigenvalue weighted by molar-refractivity contribution is 1.32. The molecule has 2 aromatic rings. The standard InChI is InChI=1S/C12H14N4S/c13-15-9-1-5-11(6-2-9)17-12-7-3-10(16-14)4-8-12/h1-8,15-16H,13-14H2. The van der Waals surface area contributed by atoms with E-state index >= 15 is 0 Å². The van der Waals surface area contributed by atoms with Gasteiger partial charge in [0.15, 0.2) is 0 Å². The first-order chi connectivity index (χ1) is 8.31. The number of hydrogen-bond donors (Lipinski definition) is 4. The minimum Gasteiger partial charge on any atom is -0.324 e. The Morgan fingerprint density at radius 2 is 1.00 bits per heavy atom. The van der Waals surface area contributed by atoms with E-state index in [1.54, 1.807) is 11.8 Å². The van der Waals surface area contributed by atoms with Crippen molar-refractivity contribution in [2.45, 2.75) is 9.79 Å². The van der Waals surface area contributed by atoms with Gasteiger partial charge in [0.05, 0.1) is 0 Å². The van der Waals surface area contributed by atoms with E-state index in [-0.39, 0.29) is 0 Å². The summed E-state index contributed by atoms with van der Waals surface area (Å²) in [7, 11) is 0. The molecule has 0 bridgehead atoms. The average molecular weight is 246 g/mol. The third kappa shape index (κ3) is 3.13. The normalized spacial score (nSPS) is 10.0. The molecule has 17 heavy (non-hydrogen) atoms. The van der Waals surface area contributed by atoms with Crippen LogP contribution >= 0.6 is 11.8 Å². The predicted molar refractivity (Wildman–Crippen MR) is 72.6 cm³/mol. The van der Waals surface area contributed by atoms with E-state index in [0.717, 1.165) is 21.2 Å². The van der Waals surface area contributed by atoms with Gasteiger partial charge < -0.3 is 10.9 Å². The number of anilines is 2. The quantitative estimate of drug-likeness (QED) is 0.492. The smallest absolute Gasteiger partial charge is 0.0485 e. The molecule has 0 fully saturated rings. The topological polar surface area (TPSA) is 76.1 Å². The average Bonchev–Trinajstić information content (AvgIpc) is 2.40. The Bertz CT molecular complexity index is 421. The fourth-order valence-electron chi connectivity index (χ4n) is 1.37. The zero-order valence-electron chi connectivity index (χ0n) is 9.18. The van der Waals surface area contributed by atoms with E-state index in [9.17, 15) is 0 Å². The number of hydrogen-bond acceptors (Lipinski definition) is 5. The summed E-state index contributed by atoms with van der Waals surface area (Å²) in [5, 5.41) is 0. The molecule has 0 aliphatic rings. The van der Waals surface area contributed by atoms with Gasteiger partial charge in [-0.1, -0.05) is 11.8 Å². The van der Waals surface area contributed by atoms with Crippen LogP contribution < -0.4 is 22.5 Å². The second-order valence-electron chi connectivity index (χ2n) is 3.44. The molecule has 0 atom stereocenters. The Kier molecular flexibility index (Phi) is 3.87. The molecule has 0 saturated heterocycles. The van der Waals surface area contributed by atoms with Gasteiger partial charge in [-0.05, 0) is 48.5 Å². The van der Waals surface area contributed by atoms with Crippen molar-refractivity contribution in [3.8, 4) is 0 Å². The molecule has 0 amide bonds. The summed E-state index contributed by atoms with van der Waals surface area (Å²) in [5.74, 6) is 10.6. The van der Waals surface area contributed by atoms with Gasteiger partial charge in [-0.15, -0.1) is 0 Å². The predicted octanol–water partition coefficient (Wildman–Crippen LogP) is 2.41. The van der Waals surface area contributed by atoms with Crippen LogP contribution in [0.5, 0.6) is 0 Å². The lowest BCUT2D eigenvalue weighted by Crippen LogP contribution is -2.06. The summed E-state index contributed by atoms with van der Waals surface area (Å²) in [6.45, 7) is 0. The number of nitrogens with one attached hydrogen (secondary N) is 2. The second-order valence-corrected chi connectivity index (χ2v) is 4.59. The lowest BCUT2D eigenvalue weighted by Gasteiger charge is -2.05. The van der Waals surface area contributed by atoms with Gasteiger partial charge in [0.1, 0.15) is 0 Å². The number of nitrogen functional groups attached to an aromatic ring is 2. The van der Waals surface area contributed by atoms with E-state index in [1.807, 2.05) is 48.5 Å². The summed E-state index contributed by atoms with van der Waals surface area (Å²) in [6, 6.07) is 15.9. The molecule has 0 aromatic heterocycles. The zero-order chi connectivity index (χ0) is 12.1. The molecule has 2 aromatic carbocycles. The van der Waals surface area contributed by atoms with Gasteiger partial charge in [0, 0.05) is 21.2 Å². The monoisotopic (exact) mass is 246 g/mol. The van der Waals surface area contributed by atoms with E-state index in [0.29, 0.717) is 0 Å². The van der Waals surface area contributed by atoms with Crippen LogP contribution in [0, 0.1) is 0 Å². The van der Waals surface area contributed by atoms with Crippen molar-refractivity contribution >= 4 is 23.1 Å². The molecule has 5 heteroatoms. The second kappa shape index (κ2) is 5.58. The molecule has 0 aliphatic heterocycles. The fourth-order valence-corrected chi connectivity index (χ4v) is 2.19. The summed E-state index contributed by atoms with van der Waals surface area (Å²) < 4.78 is 0. The summed E-state index contributed by atoms with van der Waals surface area (Å²) in [5.41, 5.74) is 7.00. The van der Waals surface area contributed by atoms with Crippen molar-refractivity contribution in [3.05, 3.63) is 48.5 Å². The molecule has 0 spiro atoms. The Morgan fingerprint density at radius 1 is 0.647 bits per heavy atom. The zero-order valence-corrected chi connectivity index (χ0v) is 10.00. The Hall–Kier alpha value is -1.69. The highest BCUT2D eigenvalue weighted by atomic mass is 32.2. The van der Waals surface area contributed by atoms with E-state index in [2.05, 4.69) is 10.9 Å². The van der Waals surface area contributed by atoms with Crippen molar-refractivity contribution < 1.29 is 0 Å². The number of nitrogens with two attached hydrogens (primary N) is 2. The first-order valence-electron chi connectivity index (χ1n) is 5.13. The highest BCUT2D eigenvalue weighted by Crippen LogP contribution is 2.29. The number of benzene rings is 2. The van der Waals surface area contributed by atoms with Crippen LogP contribution in [0.1, 0.15) is 0 Å². The van der Waals surface area contributed by atoms with E-state index in [1.165, 1.54) is 0 Å². The van der Waals surface area contributed by atoms with Gasteiger partial charge in [0.2, 0.25) is 0 Å². The molecule has 6 N–H and O–H groups in total. The molecule has 0 heterocycles. The largest absolute Gasteiger partial charge is 0.324 e. The molecule has 0 radical (unpaired) electrons. The number of rotatable bonds is 4. The van der Waals surface area contributed by atoms with Gasteiger partial charge in [-0.25, -0.2) is 0 Å². The first kappa shape index (κ1) is 11.8. The maximum atomic E-state index is 5.31. The Labute approximate surface area is 104 Å². The van der Waals surface area contributed by atoms with Gasteiger partial charge in [0.25, 0.3) is 0 Å². The van der Waals surface area contributed by atoms with Gasteiger partial charge >= 0.3 is 0 Å². The summed E-state index contributed by atoms with van der Waals surface area (Å²) in [6.07, 6.45) is 0. The third-order valence-electron chi connectivity index (χ3n) is 2.28. The lowest BCUT2D eigenvalue weighted by atomic mass is 10.3. The van der Waals surface area contributed by atoms with Crippen molar-refractivity contribution in [1.82, 2.24) is 0 Å². The van der Waals surface area contributed by atoms with Crippen LogP contribution in [-0.4, -0.2) is 0 Å². The van der Waals surface area contributed by atoms with Crippen molar-refractivity contribution in [3.63, 3.8) is 0 Å². The van der Waals surface area contributed by atoms with Crippen molar-refractivity contribution in [1.29, 1.82) is 0 Å². The Morgan fingerprint density at radius 3 is 1.29 bits per heavy atom. The minimum absolute atomic E-state index is 0.900. The maximum absolute atomic E-state index is 5.31. The number of hydrazine groups is 2. The van der Waals surface area contributed by atoms with Gasteiger partial charge in [-0.2, -0.15) is 0 Å². The molecule has 0 unspecified atom stereocenters. The Balaban J connectivity index is 2.08. The highest BCUT2D eigenvalue weighted by molar-refractivity contribution is 7.99. The minimum atomic E-state index is 0.900. The SMILES string of the molecule is NNc1ccc(Sc2ccc(NN)cc2)cc1. The first-order valence-corrected chi connectivity index (χ1v) is 5.94. The summed E-state index contributed by atoms with van der Waals surface area (Å²) >= 11 is 1.69. The van der Waals surface area contributed by atoms with Crippen molar-refractivity contribution in [2.75, 3.05) is 10.9 Å². The van der Waals surface area contributed by atoms with Crippen LogP contribution in [-0.2, 0) is 0 Å². The van der Waals surface area contributed by atoms with Crippen LogP contribution in [0.15, 0.2) is 58.3 Å². The maximum Gasteiger partial charge on any atom is 0.0485 e. The van der Waals surface area contributed by atoms with Gasteiger partial charge in [-0.3, -0.25) is 11.7 Å². The van der Waals surface area contributed by atoms with Crippen molar-refractivity contribution in [2.24, 2.45) is 11.7 Å². The van der Waals surface area contributed by atoms with Crippen LogP contribution in [0.4, 0.5) is 11.4 Å². The third-order valence-corrected chi connectivity index (χ3v) is 3.29. The van der Waals surface area contributed by atoms with Crippen LogP contribution in [0.2, 0.25) is 0 Å². The molecule has 88 valence electrons. The molecular formula is C12H14N4S.